The van der Waals surface area contributed by atoms with Gasteiger partial charge in [-0.1, -0.05) is 53.0 Å². The van der Waals surface area contributed by atoms with Gasteiger partial charge in [0, 0.05) is 17.4 Å². The standard InChI is InChI=1S/C21H21BrN2O2/c22-12-5-1-2-6-13-24-18-10-3-4-11-19(18)26-20(21(24)25)17-9-7-8-16(14-17)15-23/h3-4,7-11,14,20H,1-2,5-6,12-13H2. The Morgan fingerprint density at radius 2 is 1.88 bits per heavy atom. The van der Waals surface area contributed by atoms with E-state index in [1.165, 1.54) is 0 Å². The van der Waals surface area contributed by atoms with Crippen molar-refractivity contribution in [2.45, 2.75) is 31.8 Å². The van der Waals surface area contributed by atoms with Crippen molar-refractivity contribution in [3.63, 3.8) is 0 Å². The molecule has 5 heteroatoms. The summed E-state index contributed by atoms with van der Waals surface area (Å²) < 4.78 is 6.00. The third-order valence-electron chi connectivity index (χ3n) is 4.48. The number of nitriles is 1. The van der Waals surface area contributed by atoms with Crippen LogP contribution in [0.2, 0.25) is 0 Å². The Morgan fingerprint density at radius 3 is 2.69 bits per heavy atom. The first-order chi connectivity index (χ1) is 12.7. The highest BCUT2D eigenvalue weighted by Gasteiger charge is 2.35. The normalized spacial score (nSPS) is 15.9. The Hall–Kier alpha value is -2.32. The average molecular weight is 413 g/mol. The Labute approximate surface area is 162 Å². The van der Waals surface area contributed by atoms with Gasteiger partial charge in [-0.25, -0.2) is 0 Å². The van der Waals surface area contributed by atoms with E-state index in [1.54, 1.807) is 18.2 Å². The van der Waals surface area contributed by atoms with Crippen molar-refractivity contribution in [1.82, 2.24) is 0 Å². The summed E-state index contributed by atoms with van der Waals surface area (Å²) in [5.41, 5.74) is 2.07. The van der Waals surface area contributed by atoms with E-state index in [1.807, 2.05) is 35.2 Å². The molecule has 2 aromatic carbocycles. The molecule has 1 heterocycles. The summed E-state index contributed by atoms with van der Waals surface area (Å²) in [5.74, 6) is 0.638. The third-order valence-corrected chi connectivity index (χ3v) is 5.04. The predicted octanol–water partition coefficient (Wildman–Crippen LogP) is 4.98. The molecule has 134 valence electrons. The number of anilines is 1. The number of para-hydroxylation sites is 2. The zero-order valence-electron chi connectivity index (χ0n) is 14.5. The van der Waals surface area contributed by atoms with E-state index in [-0.39, 0.29) is 5.91 Å². The number of amides is 1. The quantitative estimate of drug-likeness (QED) is 0.475. The minimum atomic E-state index is -0.708. The average Bonchev–Trinajstić information content (AvgIpc) is 2.69. The van der Waals surface area contributed by atoms with E-state index in [4.69, 9.17) is 10.00 Å². The maximum Gasteiger partial charge on any atom is 0.272 e. The number of hydrogen-bond donors (Lipinski definition) is 0. The number of benzene rings is 2. The van der Waals surface area contributed by atoms with Crippen LogP contribution >= 0.6 is 15.9 Å². The molecule has 0 radical (unpaired) electrons. The van der Waals surface area contributed by atoms with E-state index < -0.39 is 6.10 Å². The first-order valence-corrected chi connectivity index (χ1v) is 10.00. The fourth-order valence-electron chi connectivity index (χ4n) is 3.15. The minimum Gasteiger partial charge on any atom is -0.474 e. The van der Waals surface area contributed by atoms with Crippen LogP contribution in [0.4, 0.5) is 5.69 Å². The molecule has 1 atom stereocenters. The van der Waals surface area contributed by atoms with Crippen LogP contribution in [-0.4, -0.2) is 17.8 Å². The monoisotopic (exact) mass is 412 g/mol. The van der Waals surface area contributed by atoms with E-state index in [0.29, 0.717) is 23.4 Å². The molecule has 0 aliphatic carbocycles. The molecule has 0 fully saturated rings. The number of nitrogens with zero attached hydrogens (tertiary/aromatic N) is 2. The molecule has 1 amide bonds. The van der Waals surface area contributed by atoms with Crippen LogP contribution in [0.1, 0.15) is 42.9 Å². The second kappa shape index (κ2) is 8.86. The Bertz CT molecular complexity index is 816. The molecule has 0 saturated carbocycles. The van der Waals surface area contributed by atoms with Gasteiger partial charge in [-0.3, -0.25) is 4.79 Å². The number of alkyl halides is 1. The van der Waals surface area contributed by atoms with Crippen molar-refractivity contribution in [3.05, 3.63) is 59.7 Å². The van der Waals surface area contributed by atoms with Gasteiger partial charge in [-0.2, -0.15) is 5.26 Å². The van der Waals surface area contributed by atoms with Crippen LogP contribution in [0.25, 0.3) is 0 Å². The molecule has 0 saturated heterocycles. The highest BCUT2D eigenvalue weighted by atomic mass is 79.9. The predicted molar refractivity (Wildman–Crippen MR) is 106 cm³/mol. The van der Waals surface area contributed by atoms with Gasteiger partial charge in [-0.15, -0.1) is 0 Å². The maximum absolute atomic E-state index is 13.1. The molecule has 2 aromatic rings. The molecule has 3 rings (SSSR count). The lowest BCUT2D eigenvalue weighted by atomic mass is 10.0. The van der Waals surface area contributed by atoms with Crippen LogP contribution in [0.5, 0.6) is 5.75 Å². The van der Waals surface area contributed by atoms with Gasteiger partial charge in [0.2, 0.25) is 6.10 Å². The molecule has 4 nitrogen and oxygen atoms in total. The van der Waals surface area contributed by atoms with Crippen LogP contribution in [0.15, 0.2) is 48.5 Å². The van der Waals surface area contributed by atoms with Gasteiger partial charge in [0.1, 0.15) is 5.75 Å². The molecule has 0 aromatic heterocycles. The summed E-state index contributed by atoms with van der Waals surface area (Å²) in [7, 11) is 0. The molecular weight excluding hydrogens is 392 g/mol. The summed E-state index contributed by atoms with van der Waals surface area (Å²) in [6, 6.07) is 16.8. The second-order valence-corrected chi connectivity index (χ2v) is 7.09. The number of halogens is 1. The Kier molecular flexibility index (Phi) is 6.30. The van der Waals surface area contributed by atoms with Crippen LogP contribution in [0, 0.1) is 11.3 Å². The second-order valence-electron chi connectivity index (χ2n) is 6.30. The number of unbranched alkanes of at least 4 members (excludes halogenated alkanes) is 3. The van der Waals surface area contributed by atoms with Crippen molar-refractivity contribution in [2.75, 3.05) is 16.8 Å². The van der Waals surface area contributed by atoms with E-state index in [0.717, 1.165) is 36.7 Å². The molecule has 0 spiro atoms. The Balaban J connectivity index is 1.83. The molecule has 1 unspecified atom stereocenters. The molecule has 26 heavy (non-hydrogen) atoms. The highest BCUT2D eigenvalue weighted by Crippen LogP contribution is 2.39. The minimum absolute atomic E-state index is 0.0701. The fourth-order valence-corrected chi connectivity index (χ4v) is 3.54. The van der Waals surface area contributed by atoms with Crippen molar-refractivity contribution in [2.24, 2.45) is 0 Å². The van der Waals surface area contributed by atoms with Gasteiger partial charge in [0.15, 0.2) is 0 Å². The van der Waals surface area contributed by atoms with E-state index in [2.05, 4.69) is 22.0 Å². The zero-order valence-corrected chi connectivity index (χ0v) is 16.1. The first-order valence-electron chi connectivity index (χ1n) is 8.87. The summed E-state index contributed by atoms with van der Waals surface area (Å²) in [6.45, 7) is 0.677. The summed E-state index contributed by atoms with van der Waals surface area (Å²) >= 11 is 3.45. The van der Waals surface area contributed by atoms with Gasteiger partial charge in [-0.05, 0) is 37.1 Å². The number of ether oxygens (including phenoxy) is 1. The summed E-state index contributed by atoms with van der Waals surface area (Å²) in [5, 5.41) is 10.2. The van der Waals surface area contributed by atoms with Crippen molar-refractivity contribution < 1.29 is 9.53 Å². The van der Waals surface area contributed by atoms with E-state index in [9.17, 15) is 4.79 Å². The molecule has 1 aliphatic rings. The van der Waals surface area contributed by atoms with Gasteiger partial charge < -0.3 is 9.64 Å². The highest BCUT2D eigenvalue weighted by molar-refractivity contribution is 9.09. The smallest absolute Gasteiger partial charge is 0.272 e. The Morgan fingerprint density at radius 1 is 1.08 bits per heavy atom. The summed E-state index contributed by atoms with van der Waals surface area (Å²) in [6.07, 6.45) is 3.64. The molecule has 0 bridgehead atoms. The van der Waals surface area contributed by atoms with Crippen LogP contribution in [-0.2, 0) is 4.79 Å². The number of fused-ring (bicyclic) bond motifs is 1. The van der Waals surface area contributed by atoms with Crippen molar-refractivity contribution in [1.29, 1.82) is 5.26 Å². The molecule has 0 N–H and O–H groups in total. The zero-order chi connectivity index (χ0) is 18.4. The van der Waals surface area contributed by atoms with Gasteiger partial charge in [0.05, 0.1) is 17.3 Å². The molecular formula is C21H21BrN2O2. The lowest BCUT2D eigenvalue weighted by molar-refractivity contribution is -0.126. The number of rotatable bonds is 7. The van der Waals surface area contributed by atoms with Crippen molar-refractivity contribution in [3.8, 4) is 11.8 Å². The third kappa shape index (κ3) is 4.08. The number of hydrogen-bond acceptors (Lipinski definition) is 3. The first kappa shape index (κ1) is 18.5. The van der Waals surface area contributed by atoms with Crippen molar-refractivity contribution >= 4 is 27.5 Å². The van der Waals surface area contributed by atoms with Crippen LogP contribution < -0.4 is 9.64 Å². The maximum atomic E-state index is 13.1. The van der Waals surface area contributed by atoms with Gasteiger partial charge in [0.25, 0.3) is 5.91 Å². The molecule has 1 aliphatic heterocycles. The SMILES string of the molecule is N#Cc1cccc(C2Oc3ccccc3N(CCCCCCBr)C2=O)c1. The number of carbonyl (C=O) groups excluding carboxylic acids is 1. The van der Waals surface area contributed by atoms with Crippen LogP contribution in [0.3, 0.4) is 0 Å². The largest absolute Gasteiger partial charge is 0.474 e. The lowest BCUT2D eigenvalue weighted by Gasteiger charge is -2.34. The summed E-state index contributed by atoms with van der Waals surface area (Å²) in [4.78, 5) is 14.9. The fraction of sp³-hybridized carbons (Fsp3) is 0.333. The topological polar surface area (TPSA) is 53.3 Å². The van der Waals surface area contributed by atoms with E-state index >= 15 is 0 Å². The lowest BCUT2D eigenvalue weighted by Crippen LogP contribution is -2.41. The number of carbonyl (C=O) groups is 1. The van der Waals surface area contributed by atoms with Gasteiger partial charge >= 0.3 is 0 Å².